The van der Waals surface area contributed by atoms with Gasteiger partial charge in [-0.05, 0) is 61.7 Å². The van der Waals surface area contributed by atoms with Gasteiger partial charge in [0.15, 0.2) is 0 Å². The van der Waals surface area contributed by atoms with Crippen LogP contribution in [0.5, 0.6) is 0 Å². The summed E-state index contributed by atoms with van der Waals surface area (Å²) in [7, 11) is 0. The molecule has 2 nitrogen and oxygen atoms in total. The molecular weight excluding hydrogens is 269 g/mol. The molecular formula is C12H17F2NaO2S. The van der Waals surface area contributed by atoms with Crippen molar-refractivity contribution in [2.24, 2.45) is 23.2 Å². The molecule has 0 N–H and O–H groups in total. The number of halogens is 2. The van der Waals surface area contributed by atoms with Gasteiger partial charge in [0.25, 0.3) is 0 Å². The van der Waals surface area contributed by atoms with Crippen molar-refractivity contribution in [2.75, 3.05) is 0 Å². The summed E-state index contributed by atoms with van der Waals surface area (Å²) >= 11 is -3.27. The minimum Gasteiger partial charge on any atom is -0.768 e. The third-order valence-electron chi connectivity index (χ3n) is 4.99. The fraction of sp³-hybridized carbons (Fsp3) is 1.00. The van der Waals surface area contributed by atoms with Crippen LogP contribution in [0, 0.1) is 23.2 Å². The topological polar surface area (TPSA) is 40.1 Å². The molecule has 0 heterocycles. The molecule has 0 radical (unpaired) electrons. The fourth-order valence-electron chi connectivity index (χ4n) is 5.00. The molecule has 4 rings (SSSR count). The van der Waals surface area contributed by atoms with Crippen LogP contribution >= 0.6 is 0 Å². The van der Waals surface area contributed by atoms with Gasteiger partial charge in [0.2, 0.25) is 0 Å². The molecule has 4 bridgehead atoms. The van der Waals surface area contributed by atoms with Crippen molar-refractivity contribution in [1.29, 1.82) is 0 Å². The minimum absolute atomic E-state index is 0. The molecule has 4 fully saturated rings. The zero-order chi connectivity index (χ0) is 12.3. The Morgan fingerprint density at radius 2 is 1.50 bits per heavy atom. The molecule has 6 heteroatoms. The van der Waals surface area contributed by atoms with Crippen LogP contribution in [-0.2, 0) is 11.1 Å². The van der Waals surface area contributed by atoms with E-state index < -0.39 is 22.8 Å². The van der Waals surface area contributed by atoms with Crippen molar-refractivity contribution in [3.8, 4) is 0 Å². The van der Waals surface area contributed by atoms with Crippen LogP contribution in [0.2, 0.25) is 0 Å². The van der Waals surface area contributed by atoms with Gasteiger partial charge in [0.1, 0.15) is 0 Å². The van der Waals surface area contributed by atoms with E-state index in [4.69, 9.17) is 0 Å². The van der Waals surface area contributed by atoms with E-state index in [1.54, 1.807) is 0 Å². The predicted octanol–water partition coefficient (Wildman–Crippen LogP) is 0.0688. The van der Waals surface area contributed by atoms with Gasteiger partial charge in [-0.15, -0.1) is 0 Å². The molecule has 4 aliphatic carbocycles. The first-order chi connectivity index (χ1) is 7.89. The van der Waals surface area contributed by atoms with E-state index in [1.807, 2.05) is 0 Å². The summed E-state index contributed by atoms with van der Waals surface area (Å²) in [6, 6.07) is 0. The smallest absolute Gasteiger partial charge is 0.768 e. The Labute approximate surface area is 131 Å². The Bertz CT molecular complexity index is 327. The van der Waals surface area contributed by atoms with Gasteiger partial charge in [-0.25, -0.2) is 0 Å². The zero-order valence-corrected chi connectivity index (χ0v) is 13.5. The van der Waals surface area contributed by atoms with Gasteiger partial charge >= 0.3 is 34.8 Å². The van der Waals surface area contributed by atoms with Crippen LogP contribution in [0.15, 0.2) is 0 Å². The molecule has 0 aromatic carbocycles. The van der Waals surface area contributed by atoms with E-state index in [0.717, 1.165) is 19.3 Å². The maximum absolute atomic E-state index is 13.4. The zero-order valence-electron chi connectivity index (χ0n) is 10.7. The average molecular weight is 286 g/mol. The van der Waals surface area contributed by atoms with E-state index >= 15 is 0 Å². The monoisotopic (exact) mass is 286 g/mol. The van der Waals surface area contributed by atoms with Crippen LogP contribution in [-0.4, -0.2) is 14.0 Å². The summed E-state index contributed by atoms with van der Waals surface area (Å²) in [4.78, 5) is 0. The van der Waals surface area contributed by atoms with Gasteiger partial charge in [-0.3, -0.25) is 4.21 Å². The molecule has 98 valence electrons. The Kier molecular flexibility index (Phi) is 4.32. The largest absolute Gasteiger partial charge is 1.00 e. The molecule has 0 aromatic heterocycles. The third kappa shape index (κ3) is 2.71. The first-order valence-corrected chi connectivity index (χ1v) is 7.43. The Morgan fingerprint density at radius 3 is 1.83 bits per heavy atom. The summed E-state index contributed by atoms with van der Waals surface area (Å²) in [6.45, 7) is 0. The minimum atomic E-state index is -3.54. The second kappa shape index (κ2) is 5.06. The van der Waals surface area contributed by atoms with Crippen molar-refractivity contribution in [1.82, 2.24) is 0 Å². The maximum Gasteiger partial charge on any atom is 1.00 e. The molecule has 0 aliphatic heterocycles. The molecule has 0 spiro atoms. The van der Waals surface area contributed by atoms with Gasteiger partial charge in [-0.1, -0.05) is 0 Å². The number of hydrogen-bond donors (Lipinski definition) is 0. The van der Waals surface area contributed by atoms with E-state index in [2.05, 4.69) is 0 Å². The molecule has 18 heavy (non-hydrogen) atoms. The van der Waals surface area contributed by atoms with Crippen LogP contribution in [0.25, 0.3) is 0 Å². The van der Waals surface area contributed by atoms with Crippen LogP contribution in [0.4, 0.5) is 8.78 Å². The Balaban J connectivity index is 0.00000120. The normalized spacial score (nSPS) is 43.6. The summed E-state index contributed by atoms with van der Waals surface area (Å²) in [5.74, 6) is 1.74. The summed E-state index contributed by atoms with van der Waals surface area (Å²) in [5, 5.41) is -3.54. The average Bonchev–Trinajstić information content (AvgIpc) is 2.12. The fourth-order valence-corrected chi connectivity index (χ4v) is 5.43. The van der Waals surface area contributed by atoms with E-state index in [9.17, 15) is 17.5 Å². The Hall–Kier alpha value is 0.970. The Morgan fingerprint density at radius 1 is 1.11 bits per heavy atom. The second-order valence-electron chi connectivity index (χ2n) is 6.47. The maximum atomic E-state index is 13.4. The second-order valence-corrected chi connectivity index (χ2v) is 7.53. The SMILES string of the molecule is O=S([O-])C(F)(F)CC12CC3CC(CC(C3)C1)C2.[Na+]. The number of rotatable bonds is 3. The van der Waals surface area contributed by atoms with Crippen molar-refractivity contribution in [2.45, 2.75) is 50.2 Å². The standard InChI is InChI=1S/C12H18F2O2S.Na/c13-12(14,17(15)16)7-11-4-8-1-9(5-11)3-10(2-8)6-11;/h8-10H,1-7H2,(H,15,16);/q;+1/p-1. The molecule has 0 aromatic rings. The van der Waals surface area contributed by atoms with Gasteiger partial charge in [-0.2, -0.15) is 8.78 Å². The molecule has 0 amide bonds. The molecule has 1 atom stereocenters. The predicted molar refractivity (Wildman–Crippen MR) is 59.1 cm³/mol. The molecule has 4 saturated carbocycles. The third-order valence-corrected chi connectivity index (χ3v) is 5.62. The number of alkyl halides is 2. The first-order valence-electron chi connectivity index (χ1n) is 6.36. The van der Waals surface area contributed by atoms with Crippen molar-refractivity contribution >= 4 is 11.1 Å². The van der Waals surface area contributed by atoms with Gasteiger partial charge in [0.05, 0.1) is 0 Å². The summed E-state index contributed by atoms with van der Waals surface area (Å²) < 4.78 is 48.1. The van der Waals surface area contributed by atoms with Gasteiger partial charge in [0, 0.05) is 17.5 Å². The summed E-state index contributed by atoms with van der Waals surface area (Å²) in [6.07, 6.45) is 5.59. The molecule has 0 saturated heterocycles. The molecule has 1 unspecified atom stereocenters. The van der Waals surface area contributed by atoms with E-state index in [1.165, 1.54) is 19.3 Å². The summed E-state index contributed by atoms with van der Waals surface area (Å²) in [5.41, 5.74) is -0.377. The van der Waals surface area contributed by atoms with Gasteiger partial charge < -0.3 is 4.55 Å². The van der Waals surface area contributed by atoms with E-state index in [-0.39, 0.29) is 35.0 Å². The van der Waals surface area contributed by atoms with E-state index in [0.29, 0.717) is 17.8 Å². The van der Waals surface area contributed by atoms with Crippen LogP contribution in [0.1, 0.15) is 44.9 Å². The number of hydrogen-bond acceptors (Lipinski definition) is 2. The quantitative estimate of drug-likeness (QED) is 0.544. The van der Waals surface area contributed by atoms with Crippen molar-refractivity contribution in [3.05, 3.63) is 0 Å². The first kappa shape index (κ1) is 15.4. The van der Waals surface area contributed by atoms with Crippen molar-refractivity contribution in [3.63, 3.8) is 0 Å². The van der Waals surface area contributed by atoms with Crippen LogP contribution in [0.3, 0.4) is 0 Å². The van der Waals surface area contributed by atoms with Crippen LogP contribution < -0.4 is 29.6 Å². The molecule has 4 aliphatic rings. The van der Waals surface area contributed by atoms with Crippen molar-refractivity contribution < 1.29 is 47.1 Å².